The average Bonchev–Trinajstić information content (AvgIpc) is 2.65. The summed E-state index contributed by atoms with van der Waals surface area (Å²) in [7, 11) is 1.70. The second-order valence-corrected chi connectivity index (χ2v) is 8.19. The highest BCUT2D eigenvalue weighted by atomic mass is 19.1. The van der Waals surface area contributed by atoms with E-state index < -0.39 is 6.86 Å². The van der Waals surface area contributed by atoms with Gasteiger partial charge in [0.25, 0.3) is 5.91 Å². The van der Waals surface area contributed by atoms with E-state index in [1.54, 1.807) is 13.2 Å². The van der Waals surface area contributed by atoms with Crippen LogP contribution in [0.3, 0.4) is 0 Å². The number of rotatable bonds is 12. The molecule has 2 fully saturated rings. The van der Waals surface area contributed by atoms with Gasteiger partial charge in [-0.15, -0.1) is 0 Å². The summed E-state index contributed by atoms with van der Waals surface area (Å²) in [6, 6.07) is 3.50. The third kappa shape index (κ3) is 6.02. The van der Waals surface area contributed by atoms with Gasteiger partial charge in [0.1, 0.15) is 11.4 Å². The average molecular weight is 426 g/mol. The molecule has 1 N–H and O–H groups in total. The highest BCUT2D eigenvalue weighted by molar-refractivity contribution is 5.93. The van der Waals surface area contributed by atoms with E-state index in [1.165, 1.54) is 0 Å². The zero-order valence-electron chi connectivity index (χ0n) is 17.9. The fourth-order valence-corrected chi connectivity index (χ4v) is 3.54. The topological polar surface area (TPSA) is 82.2 Å². The van der Waals surface area contributed by atoms with Crippen LogP contribution in [0.2, 0.25) is 0 Å². The highest BCUT2D eigenvalue weighted by Gasteiger charge is 2.30. The second-order valence-electron chi connectivity index (χ2n) is 8.19. The van der Waals surface area contributed by atoms with Crippen LogP contribution in [0.1, 0.15) is 30.8 Å². The third-order valence-electron chi connectivity index (χ3n) is 5.37. The van der Waals surface area contributed by atoms with Crippen molar-refractivity contribution in [2.45, 2.75) is 32.4 Å². The third-order valence-corrected chi connectivity index (χ3v) is 5.37. The minimum Gasteiger partial charge on any atom is -0.476 e. The standard InChI is InChI=1S/C21H32FN3O5/c1-14(9-29-13-22)6-15(2)23-20(26)18-4-5-19(25-7-17(8-25)27-3)21(24-18)30-12-16-10-28-11-16/h4-5,14-17H,6-13H2,1-3H3,(H,23,26)/t14?,15-/m0/s1. The van der Waals surface area contributed by atoms with Crippen molar-refractivity contribution in [3.05, 3.63) is 17.8 Å². The van der Waals surface area contributed by atoms with E-state index in [0.29, 0.717) is 50.3 Å². The zero-order valence-corrected chi connectivity index (χ0v) is 17.9. The van der Waals surface area contributed by atoms with Gasteiger partial charge in [-0.05, 0) is 31.4 Å². The number of methoxy groups -OCH3 is 1. The molecule has 0 aliphatic carbocycles. The number of alkyl halides is 1. The molecule has 2 aliphatic heterocycles. The normalized spacial score (nSPS) is 19.0. The molecule has 2 aliphatic rings. The Hall–Kier alpha value is -1.97. The van der Waals surface area contributed by atoms with E-state index >= 15 is 0 Å². The molecule has 2 saturated heterocycles. The van der Waals surface area contributed by atoms with Gasteiger partial charge in [0.15, 0.2) is 6.86 Å². The van der Waals surface area contributed by atoms with Gasteiger partial charge >= 0.3 is 0 Å². The van der Waals surface area contributed by atoms with Crippen LogP contribution in [0.5, 0.6) is 5.88 Å². The number of amides is 1. The van der Waals surface area contributed by atoms with Crippen molar-refractivity contribution in [3.63, 3.8) is 0 Å². The lowest BCUT2D eigenvalue weighted by atomic mass is 10.0. The van der Waals surface area contributed by atoms with Crippen molar-refractivity contribution < 1.29 is 28.1 Å². The van der Waals surface area contributed by atoms with Crippen molar-refractivity contribution in [3.8, 4) is 5.88 Å². The Morgan fingerprint density at radius 1 is 1.37 bits per heavy atom. The first-order chi connectivity index (χ1) is 14.5. The lowest BCUT2D eigenvalue weighted by Gasteiger charge is -2.40. The number of pyridine rings is 1. The maximum atomic E-state index is 12.7. The van der Waals surface area contributed by atoms with Gasteiger partial charge < -0.3 is 29.2 Å². The highest BCUT2D eigenvalue weighted by Crippen LogP contribution is 2.31. The van der Waals surface area contributed by atoms with Crippen LogP contribution in [-0.2, 0) is 14.2 Å². The van der Waals surface area contributed by atoms with E-state index in [9.17, 15) is 9.18 Å². The van der Waals surface area contributed by atoms with Gasteiger partial charge in [-0.1, -0.05) is 6.92 Å². The molecule has 1 aromatic heterocycles. The summed E-state index contributed by atoms with van der Waals surface area (Å²) in [5, 5.41) is 2.95. The number of ether oxygens (including phenoxy) is 4. The van der Waals surface area contributed by atoms with Crippen LogP contribution in [0.25, 0.3) is 0 Å². The van der Waals surface area contributed by atoms with Gasteiger partial charge in [0.2, 0.25) is 5.88 Å². The van der Waals surface area contributed by atoms with E-state index in [1.807, 2.05) is 19.9 Å². The fourth-order valence-electron chi connectivity index (χ4n) is 3.54. The minimum atomic E-state index is -0.792. The first-order valence-electron chi connectivity index (χ1n) is 10.4. The Morgan fingerprint density at radius 2 is 2.13 bits per heavy atom. The number of carbonyl (C=O) groups excluding carboxylic acids is 1. The Bertz CT molecular complexity index is 697. The predicted octanol–water partition coefficient (Wildman–Crippen LogP) is 2.03. The molecule has 1 unspecified atom stereocenters. The summed E-state index contributed by atoms with van der Waals surface area (Å²) >= 11 is 0. The number of halogens is 1. The number of nitrogens with one attached hydrogen (secondary N) is 1. The van der Waals surface area contributed by atoms with Crippen molar-refractivity contribution in [2.75, 3.05) is 58.4 Å². The molecule has 168 valence electrons. The van der Waals surface area contributed by atoms with Gasteiger partial charge in [-0.2, -0.15) is 0 Å². The molecule has 0 saturated carbocycles. The molecule has 0 spiro atoms. The van der Waals surface area contributed by atoms with Crippen molar-refractivity contribution >= 4 is 11.6 Å². The largest absolute Gasteiger partial charge is 0.476 e. The molecule has 2 atom stereocenters. The van der Waals surface area contributed by atoms with E-state index in [-0.39, 0.29) is 24.0 Å². The molecule has 3 heterocycles. The van der Waals surface area contributed by atoms with Gasteiger partial charge in [-0.25, -0.2) is 9.37 Å². The van der Waals surface area contributed by atoms with Crippen molar-refractivity contribution in [2.24, 2.45) is 11.8 Å². The Morgan fingerprint density at radius 3 is 2.77 bits per heavy atom. The van der Waals surface area contributed by atoms with Crippen LogP contribution < -0.4 is 15.0 Å². The summed E-state index contributed by atoms with van der Waals surface area (Å²) in [6.07, 6.45) is 0.881. The van der Waals surface area contributed by atoms with E-state index in [4.69, 9.17) is 18.9 Å². The Balaban J connectivity index is 1.62. The minimum absolute atomic E-state index is 0.0912. The lowest BCUT2D eigenvalue weighted by molar-refractivity contribution is -0.0514. The zero-order chi connectivity index (χ0) is 21.5. The fraction of sp³-hybridized carbons (Fsp3) is 0.714. The Labute approximate surface area is 177 Å². The van der Waals surface area contributed by atoms with Crippen molar-refractivity contribution in [1.29, 1.82) is 0 Å². The van der Waals surface area contributed by atoms with Crippen molar-refractivity contribution in [1.82, 2.24) is 10.3 Å². The van der Waals surface area contributed by atoms with Gasteiger partial charge in [0, 0.05) is 32.2 Å². The van der Waals surface area contributed by atoms with Crippen LogP contribution >= 0.6 is 0 Å². The number of hydrogen-bond donors (Lipinski definition) is 1. The molecule has 30 heavy (non-hydrogen) atoms. The smallest absolute Gasteiger partial charge is 0.270 e. The van der Waals surface area contributed by atoms with Crippen LogP contribution in [0.4, 0.5) is 10.1 Å². The molecule has 0 aromatic carbocycles. The molecular formula is C21H32FN3O5. The van der Waals surface area contributed by atoms with E-state index in [0.717, 1.165) is 18.8 Å². The summed E-state index contributed by atoms with van der Waals surface area (Å²) in [4.78, 5) is 19.3. The number of aromatic nitrogens is 1. The summed E-state index contributed by atoms with van der Waals surface area (Å²) < 4.78 is 33.4. The number of hydrogen-bond acceptors (Lipinski definition) is 7. The molecule has 8 nitrogen and oxygen atoms in total. The number of anilines is 1. The predicted molar refractivity (Wildman–Crippen MR) is 110 cm³/mol. The van der Waals surface area contributed by atoms with E-state index in [2.05, 4.69) is 15.2 Å². The van der Waals surface area contributed by atoms with Crippen LogP contribution in [0.15, 0.2) is 12.1 Å². The first-order valence-corrected chi connectivity index (χ1v) is 10.4. The summed E-state index contributed by atoms with van der Waals surface area (Å²) in [5.41, 5.74) is 1.17. The quantitative estimate of drug-likeness (QED) is 0.549. The Kier molecular flexibility index (Phi) is 8.24. The maximum Gasteiger partial charge on any atom is 0.270 e. The monoisotopic (exact) mass is 425 g/mol. The van der Waals surface area contributed by atoms with Gasteiger partial charge in [0.05, 0.1) is 32.5 Å². The summed E-state index contributed by atoms with van der Waals surface area (Å²) in [6.45, 7) is 6.82. The second kappa shape index (κ2) is 10.9. The molecule has 1 amide bonds. The molecule has 1 aromatic rings. The first kappa shape index (κ1) is 22.7. The van der Waals surface area contributed by atoms with Crippen LogP contribution in [0, 0.1) is 11.8 Å². The molecule has 3 rings (SSSR count). The lowest BCUT2D eigenvalue weighted by Crippen LogP contribution is -2.52. The molecular weight excluding hydrogens is 393 g/mol. The SMILES string of the molecule is COC1CN(c2ccc(C(=O)N[C@@H](C)CC(C)COCF)nc2OCC2COC2)C1. The number of carbonyl (C=O) groups is 1. The number of nitrogens with zero attached hydrogens (tertiary/aromatic N) is 2. The van der Waals surface area contributed by atoms with Gasteiger partial charge in [-0.3, -0.25) is 4.79 Å². The molecule has 0 radical (unpaired) electrons. The summed E-state index contributed by atoms with van der Waals surface area (Å²) in [5.74, 6) is 0.688. The maximum absolute atomic E-state index is 12.7. The molecule has 9 heteroatoms. The van der Waals surface area contributed by atoms with Crippen LogP contribution in [-0.4, -0.2) is 76.5 Å². The molecule has 0 bridgehead atoms.